The summed E-state index contributed by atoms with van der Waals surface area (Å²) < 4.78 is 33.1. The number of amides is 4. The molecule has 0 aliphatic carbocycles. The van der Waals surface area contributed by atoms with Crippen LogP contribution in [0, 0.1) is 0 Å². The van der Waals surface area contributed by atoms with Gasteiger partial charge in [0, 0.05) is 13.6 Å². The molecule has 1 heterocycles. The number of benzene rings is 1. The van der Waals surface area contributed by atoms with Gasteiger partial charge in [-0.2, -0.15) is 8.78 Å². The molecule has 1 fully saturated rings. The number of carbonyl (C=O) groups is 4. The molecule has 0 bridgehead atoms. The average molecular weight is 399 g/mol. The molecule has 9 nitrogen and oxygen atoms in total. The summed E-state index contributed by atoms with van der Waals surface area (Å²) in [6.07, 6.45) is 0.428. The quantitative estimate of drug-likeness (QED) is 0.476. The zero-order valence-corrected chi connectivity index (χ0v) is 15.0. The highest BCUT2D eigenvalue weighted by molar-refractivity contribution is 6.04. The van der Waals surface area contributed by atoms with Gasteiger partial charge in [0.2, 0.25) is 0 Å². The van der Waals surface area contributed by atoms with Crippen LogP contribution in [0.3, 0.4) is 0 Å². The van der Waals surface area contributed by atoms with Gasteiger partial charge in [-0.25, -0.2) is 4.79 Å². The molecule has 1 aromatic rings. The molecule has 152 valence electrons. The lowest BCUT2D eigenvalue weighted by molar-refractivity contribution is -0.150. The fraction of sp³-hybridized carbons (Fsp3) is 0.412. The van der Waals surface area contributed by atoms with Crippen LogP contribution in [0.25, 0.3) is 0 Å². The molecule has 28 heavy (non-hydrogen) atoms. The normalized spacial score (nSPS) is 13.9. The van der Waals surface area contributed by atoms with Crippen molar-refractivity contribution < 1.29 is 37.4 Å². The van der Waals surface area contributed by atoms with E-state index in [1.165, 1.54) is 19.2 Å². The summed E-state index contributed by atoms with van der Waals surface area (Å²) in [5, 5.41) is 2.53. The van der Waals surface area contributed by atoms with Crippen molar-refractivity contribution in [3.63, 3.8) is 0 Å². The summed E-state index contributed by atoms with van der Waals surface area (Å²) in [7, 11) is 1.43. The van der Waals surface area contributed by atoms with E-state index in [0.717, 1.165) is 15.4 Å². The maximum atomic E-state index is 12.1. The van der Waals surface area contributed by atoms with Crippen molar-refractivity contribution in [1.29, 1.82) is 0 Å². The van der Waals surface area contributed by atoms with Crippen molar-refractivity contribution >= 4 is 23.8 Å². The number of nitrogens with zero attached hydrogens (tertiary/aromatic N) is 2. The molecular formula is C17H19F2N3O6. The maximum absolute atomic E-state index is 12.1. The molecule has 0 saturated carbocycles. The van der Waals surface area contributed by atoms with Gasteiger partial charge in [0.15, 0.2) is 6.61 Å². The van der Waals surface area contributed by atoms with Gasteiger partial charge in [0.25, 0.3) is 11.8 Å². The number of halogens is 2. The molecule has 0 radical (unpaired) electrons. The standard InChI is InChI=1S/C17H19F2N3O6/c1-21-8-14(24)22(17(21)26)9-15(25)27-10-13(23)20-7-6-11-2-4-12(5-3-11)28-16(18)19/h2-5,16H,6-10H2,1H3,(H,20,23). The second kappa shape index (κ2) is 9.62. The van der Waals surface area contributed by atoms with Gasteiger partial charge in [-0.05, 0) is 24.1 Å². The number of imide groups is 1. The number of urea groups is 1. The van der Waals surface area contributed by atoms with E-state index in [1.54, 1.807) is 12.1 Å². The Morgan fingerprint density at radius 3 is 2.46 bits per heavy atom. The molecule has 4 amide bonds. The van der Waals surface area contributed by atoms with E-state index >= 15 is 0 Å². The lowest BCUT2D eigenvalue weighted by Gasteiger charge is -2.13. The van der Waals surface area contributed by atoms with E-state index in [4.69, 9.17) is 4.74 Å². The van der Waals surface area contributed by atoms with E-state index < -0.39 is 43.6 Å². The van der Waals surface area contributed by atoms with Gasteiger partial charge < -0.3 is 19.7 Å². The molecule has 1 saturated heterocycles. The van der Waals surface area contributed by atoms with Crippen molar-refractivity contribution in [2.75, 3.05) is 33.3 Å². The van der Waals surface area contributed by atoms with E-state index in [1.807, 2.05) is 0 Å². The predicted molar refractivity (Wildman–Crippen MR) is 90.5 cm³/mol. The highest BCUT2D eigenvalue weighted by Gasteiger charge is 2.35. The molecule has 1 aliphatic rings. The van der Waals surface area contributed by atoms with Crippen LogP contribution in [-0.4, -0.2) is 73.5 Å². The van der Waals surface area contributed by atoms with Gasteiger partial charge in [0.1, 0.15) is 18.8 Å². The molecule has 1 aliphatic heterocycles. The summed E-state index contributed by atoms with van der Waals surface area (Å²) in [5.41, 5.74) is 0.786. The fourth-order valence-electron chi connectivity index (χ4n) is 2.38. The zero-order valence-electron chi connectivity index (χ0n) is 15.0. The van der Waals surface area contributed by atoms with Crippen LogP contribution in [0.4, 0.5) is 13.6 Å². The third kappa shape index (κ3) is 6.18. The number of carbonyl (C=O) groups excluding carboxylic acids is 4. The number of likely N-dealkylation sites (N-methyl/N-ethyl adjacent to an activating group) is 1. The number of hydrogen-bond acceptors (Lipinski definition) is 6. The molecule has 11 heteroatoms. The van der Waals surface area contributed by atoms with Gasteiger partial charge in [-0.1, -0.05) is 12.1 Å². The van der Waals surface area contributed by atoms with Crippen LogP contribution in [0.2, 0.25) is 0 Å². The highest BCUT2D eigenvalue weighted by atomic mass is 19.3. The molecule has 2 rings (SSSR count). The van der Waals surface area contributed by atoms with E-state index in [-0.39, 0.29) is 18.8 Å². The van der Waals surface area contributed by atoms with Crippen molar-refractivity contribution in [3.8, 4) is 5.75 Å². The SMILES string of the molecule is CN1CC(=O)N(CC(=O)OCC(=O)NCCc2ccc(OC(F)F)cc2)C1=O. The summed E-state index contributed by atoms with van der Waals surface area (Å²) in [5.74, 6) is -1.90. The Balaban J connectivity index is 1.65. The summed E-state index contributed by atoms with van der Waals surface area (Å²) in [6.45, 7) is -3.87. The molecule has 1 N–H and O–H groups in total. The monoisotopic (exact) mass is 399 g/mol. The Kier molecular flexibility index (Phi) is 7.24. The number of rotatable bonds is 9. The minimum absolute atomic E-state index is 0.0378. The molecule has 0 atom stereocenters. The Morgan fingerprint density at radius 1 is 1.21 bits per heavy atom. The van der Waals surface area contributed by atoms with Crippen LogP contribution in [0.15, 0.2) is 24.3 Å². The Bertz CT molecular complexity index is 741. The minimum atomic E-state index is -2.89. The summed E-state index contributed by atoms with van der Waals surface area (Å²) in [6, 6.07) is 5.36. The van der Waals surface area contributed by atoms with Gasteiger partial charge >= 0.3 is 18.6 Å². The van der Waals surface area contributed by atoms with Crippen molar-refractivity contribution in [1.82, 2.24) is 15.1 Å². The van der Waals surface area contributed by atoms with Crippen molar-refractivity contribution in [2.45, 2.75) is 13.0 Å². The van der Waals surface area contributed by atoms with Crippen LogP contribution in [0.1, 0.15) is 5.56 Å². The Labute approximate surface area is 159 Å². The number of ether oxygens (including phenoxy) is 2. The second-order valence-corrected chi connectivity index (χ2v) is 5.90. The van der Waals surface area contributed by atoms with E-state index in [2.05, 4.69) is 10.1 Å². The largest absolute Gasteiger partial charge is 0.454 e. The van der Waals surface area contributed by atoms with Crippen LogP contribution >= 0.6 is 0 Å². The lowest BCUT2D eigenvalue weighted by Crippen LogP contribution is -2.38. The third-order valence-electron chi connectivity index (χ3n) is 3.77. The third-order valence-corrected chi connectivity index (χ3v) is 3.77. The maximum Gasteiger partial charge on any atom is 0.387 e. The Morgan fingerprint density at radius 2 is 1.89 bits per heavy atom. The average Bonchev–Trinajstić information content (AvgIpc) is 2.87. The minimum Gasteiger partial charge on any atom is -0.454 e. The molecule has 0 unspecified atom stereocenters. The van der Waals surface area contributed by atoms with E-state index in [0.29, 0.717) is 6.42 Å². The van der Waals surface area contributed by atoms with E-state index in [9.17, 15) is 28.0 Å². The first kappa shape index (κ1) is 21.1. The summed E-state index contributed by atoms with van der Waals surface area (Å²) >= 11 is 0. The van der Waals surface area contributed by atoms with Crippen LogP contribution in [0.5, 0.6) is 5.75 Å². The van der Waals surface area contributed by atoms with Crippen molar-refractivity contribution in [2.24, 2.45) is 0 Å². The number of nitrogens with one attached hydrogen (secondary N) is 1. The molecule has 0 aromatic heterocycles. The first-order valence-corrected chi connectivity index (χ1v) is 8.28. The first-order chi connectivity index (χ1) is 13.3. The smallest absolute Gasteiger partial charge is 0.387 e. The first-order valence-electron chi connectivity index (χ1n) is 8.28. The van der Waals surface area contributed by atoms with Crippen molar-refractivity contribution in [3.05, 3.63) is 29.8 Å². The Hall–Kier alpha value is -3.24. The highest BCUT2D eigenvalue weighted by Crippen LogP contribution is 2.15. The lowest BCUT2D eigenvalue weighted by atomic mass is 10.1. The number of esters is 1. The fourth-order valence-corrected chi connectivity index (χ4v) is 2.38. The van der Waals surface area contributed by atoms with Gasteiger partial charge in [0.05, 0.1) is 0 Å². The second-order valence-electron chi connectivity index (χ2n) is 5.90. The molecular weight excluding hydrogens is 380 g/mol. The summed E-state index contributed by atoms with van der Waals surface area (Å²) in [4.78, 5) is 48.5. The van der Waals surface area contributed by atoms with Gasteiger partial charge in [-0.15, -0.1) is 0 Å². The molecule has 0 spiro atoms. The predicted octanol–water partition coefficient (Wildman–Crippen LogP) is 0.384. The number of alkyl halides is 2. The zero-order chi connectivity index (χ0) is 20.7. The topological polar surface area (TPSA) is 105 Å². The van der Waals surface area contributed by atoms with Gasteiger partial charge in [-0.3, -0.25) is 19.3 Å². The number of hydrogen-bond donors (Lipinski definition) is 1. The van der Waals surface area contributed by atoms with Crippen LogP contribution in [-0.2, 0) is 25.5 Å². The van der Waals surface area contributed by atoms with Crippen LogP contribution < -0.4 is 10.1 Å². The molecule has 1 aromatic carbocycles.